The van der Waals surface area contributed by atoms with E-state index < -0.39 is 0 Å². The second-order valence-electron chi connectivity index (χ2n) is 1.61. The van der Waals surface area contributed by atoms with E-state index in [9.17, 15) is 4.39 Å². The van der Waals surface area contributed by atoms with Crippen LogP contribution in [0.5, 0.6) is 0 Å². The Labute approximate surface area is 52.7 Å². The Morgan fingerprint density at radius 3 is 2.89 bits per heavy atom. The van der Waals surface area contributed by atoms with Crippen LogP contribution in [0.15, 0.2) is 18.3 Å². The Morgan fingerprint density at radius 2 is 2.44 bits per heavy atom. The fourth-order valence-corrected chi connectivity index (χ4v) is 0.541. The van der Waals surface area contributed by atoms with Crippen molar-refractivity contribution in [2.24, 2.45) is 0 Å². The highest BCUT2D eigenvalue weighted by Gasteiger charge is 1.89. The summed E-state index contributed by atoms with van der Waals surface area (Å²) in [5.74, 6) is 0.282. The highest BCUT2D eigenvalue weighted by atomic mass is 19.1. The molecule has 0 saturated carbocycles. The van der Waals surface area contributed by atoms with Crippen LogP contribution >= 0.6 is 0 Å². The van der Waals surface area contributed by atoms with Crippen molar-refractivity contribution in [3.63, 3.8) is 0 Å². The van der Waals surface area contributed by atoms with Crippen molar-refractivity contribution in [2.75, 3.05) is 12.4 Å². The summed E-state index contributed by atoms with van der Waals surface area (Å²) in [6.45, 7) is 0. The molecule has 1 N–H and O–H groups in total. The maximum Gasteiger partial charge on any atom is 0.128 e. The lowest BCUT2D eigenvalue weighted by molar-refractivity contribution is 0.626. The van der Waals surface area contributed by atoms with E-state index in [1.54, 1.807) is 7.05 Å². The molecule has 48 valence electrons. The smallest absolute Gasteiger partial charge is 0.128 e. The normalized spacial score (nSPS) is 9.11. The van der Waals surface area contributed by atoms with Gasteiger partial charge in [0.25, 0.3) is 0 Å². The number of halogens is 1. The minimum atomic E-state index is -0.269. The summed E-state index contributed by atoms with van der Waals surface area (Å²) < 4.78 is 12.3. The predicted octanol–water partition coefficient (Wildman–Crippen LogP) is 1.26. The number of rotatable bonds is 1. The first kappa shape index (κ1) is 6.01. The second-order valence-corrected chi connectivity index (χ2v) is 1.61. The van der Waals surface area contributed by atoms with Crippen LogP contribution in [0, 0.1) is 5.82 Å². The molecule has 9 heavy (non-hydrogen) atoms. The van der Waals surface area contributed by atoms with Gasteiger partial charge in [0, 0.05) is 19.3 Å². The van der Waals surface area contributed by atoms with Gasteiger partial charge in [0.15, 0.2) is 0 Å². The number of hydrogen-bond acceptors (Lipinski definition) is 2. The molecule has 0 fully saturated rings. The first-order valence-electron chi connectivity index (χ1n) is 2.62. The number of aromatic nitrogens is 1. The second kappa shape index (κ2) is 2.44. The molecule has 0 amide bonds. The first-order valence-corrected chi connectivity index (χ1v) is 2.62. The molecule has 0 radical (unpaired) electrons. The lowest BCUT2D eigenvalue weighted by atomic mass is 10.4. The van der Waals surface area contributed by atoms with E-state index in [2.05, 4.69) is 10.3 Å². The van der Waals surface area contributed by atoms with E-state index in [4.69, 9.17) is 0 Å². The molecular formula is C6H7FN2. The van der Waals surface area contributed by atoms with E-state index >= 15 is 0 Å². The maximum absolute atomic E-state index is 12.3. The van der Waals surface area contributed by atoms with Crippen molar-refractivity contribution in [1.82, 2.24) is 4.98 Å². The number of nitrogens with one attached hydrogen (secondary N) is 1. The van der Waals surface area contributed by atoms with Crippen LogP contribution in [0.3, 0.4) is 0 Å². The highest BCUT2D eigenvalue weighted by Crippen LogP contribution is 2.02. The quantitative estimate of drug-likeness (QED) is 0.612. The number of hydrogen-bond donors (Lipinski definition) is 1. The van der Waals surface area contributed by atoms with Crippen molar-refractivity contribution in [3.05, 3.63) is 24.1 Å². The van der Waals surface area contributed by atoms with E-state index in [1.165, 1.54) is 18.3 Å². The molecular weight excluding hydrogens is 119 g/mol. The summed E-state index contributed by atoms with van der Waals surface area (Å²) in [7, 11) is 1.70. The van der Waals surface area contributed by atoms with E-state index in [0.717, 1.165) is 0 Å². The zero-order valence-electron chi connectivity index (χ0n) is 5.06. The summed E-state index contributed by atoms with van der Waals surface area (Å²) in [6.07, 6.45) is 1.42. The molecule has 0 unspecified atom stereocenters. The van der Waals surface area contributed by atoms with Gasteiger partial charge < -0.3 is 5.32 Å². The standard InChI is InChI=1S/C6H7FN2/c1-8-6-4-5(7)2-3-9-6/h2-4H,1H3,(H,8,9). The summed E-state index contributed by atoms with van der Waals surface area (Å²) in [4.78, 5) is 3.81. The molecule has 0 atom stereocenters. The van der Waals surface area contributed by atoms with E-state index in [-0.39, 0.29) is 5.82 Å². The van der Waals surface area contributed by atoms with Gasteiger partial charge in [-0.2, -0.15) is 0 Å². The van der Waals surface area contributed by atoms with Gasteiger partial charge >= 0.3 is 0 Å². The van der Waals surface area contributed by atoms with Crippen LogP contribution in [0.4, 0.5) is 10.2 Å². The molecule has 0 saturated heterocycles. The van der Waals surface area contributed by atoms with Crippen molar-refractivity contribution >= 4 is 5.82 Å². The first-order chi connectivity index (χ1) is 4.33. The third kappa shape index (κ3) is 1.38. The lowest BCUT2D eigenvalue weighted by Gasteiger charge is -1.94. The minimum absolute atomic E-state index is 0.269. The molecule has 0 aliphatic rings. The van der Waals surface area contributed by atoms with Gasteiger partial charge in [-0.05, 0) is 6.07 Å². The third-order valence-electron chi connectivity index (χ3n) is 0.978. The zero-order valence-corrected chi connectivity index (χ0v) is 5.06. The van der Waals surface area contributed by atoms with Crippen LogP contribution in [0.1, 0.15) is 0 Å². The van der Waals surface area contributed by atoms with Gasteiger partial charge in [0.2, 0.25) is 0 Å². The molecule has 0 aliphatic heterocycles. The molecule has 0 bridgehead atoms. The highest BCUT2D eigenvalue weighted by molar-refractivity contribution is 5.32. The molecule has 1 aromatic rings. The summed E-state index contributed by atoms with van der Waals surface area (Å²) >= 11 is 0. The van der Waals surface area contributed by atoms with Gasteiger partial charge in [-0.1, -0.05) is 0 Å². The van der Waals surface area contributed by atoms with Crippen LogP contribution in [-0.4, -0.2) is 12.0 Å². The molecule has 0 spiro atoms. The largest absolute Gasteiger partial charge is 0.373 e. The average molecular weight is 126 g/mol. The fraction of sp³-hybridized carbons (Fsp3) is 0.167. The molecule has 0 aromatic carbocycles. The summed E-state index contributed by atoms with van der Waals surface area (Å²) in [5.41, 5.74) is 0. The minimum Gasteiger partial charge on any atom is -0.373 e. The van der Waals surface area contributed by atoms with Crippen molar-refractivity contribution in [3.8, 4) is 0 Å². The Balaban J connectivity index is 2.94. The average Bonchev–Trinajstić information content (AvgIpc) is 1.88. The molecule has 1 aromatic heterocycles. The van der Waals surface area contributed by atoms with Gasteiger partial charge in [0.1, 0.15) is 11.6 Å². The van der Waals surface area contributed by atoms with Crippen LogP contribution < -0.4 is 5.32 Å². The van der Waals surface area contributed by atoms with Crippen molar-refractivity contribution < 1.29 is 4.39 Å². The Hall–Kier alpha value is -1.12. The monoisotopic (exact) mass is 126 g/mol. The zero-order chi connectivity index (χ0) is 6.69. The van der Waals surface area contributed by atoms with Crippen LogP contribution in [0.2, 0.25) is 0 Å². The Morgan fingerprint density at radius 1 is 1.67 bits per heavy atom. The molecule has 2 nitrogen and oxygen atoms in total. The van der Waals surface area contributed by atoms with Gasteiger partial charge in [-0.15, -0.1) is 0 Å². The van der Waals surface area contributed by atoms with Crippen LogP contribution in [0.25, 0.3) is 0 Å². The van der Waals surface area contributed by atoms with Crippen LogP contribution in [-0.2, 0) is 0 Å². The SMILES string of the molecule is CNc1cc(F)ccn1. The fourth-order valence-electron chi connectivity index (χ4n) is 0.541. The van der Waals surface area contributed by atoms with E-state index in [0.29, 0.717) is 5.82 Å². The summed E-state index contributed by atoms with van der Waals surface area (Å²) in [6, 6.07) is 2.64. The van der Waals surface area contributed by atoms with Crippen molar-refractivity contribution in [1.29, 1.82) is 0 Å². The third-order valence-corrected chi connectivity index (χ3v) is 0.978. The molecule has 1 heterocycles. The van der Waals surface area contributed by atoms with Crippen molar-refractivity contribution in [2.45, 2.75) is 0 Å². The Kier molecular flexibility index (Phi) is 1.63. The number of pyridine rings is 1. The summed E-state index contributed by atoms with van der Waals surface area (Å²) in [5, 5.41) is 2.72. The Bertz CT molecular complexity index is 200. The van der Waals surface area contributed by atoms with Gasteiger partial charge in [-0.25, -0.2) is 9.37 Å². The lowest BCUT2D eigenvalue weighted by Crippen LogP contribution is -1.91. The van der Waals surface area contributed by atoms with E-state index in [1.807, 2.05) is 0 Å². The number of anilines is 1. The molecule has 3 heteroatoms. The van der Waals surface area contributed by atoms with Gasteiger partial charge in [0.05, 0.1) is 0 Å². The maximum atomic E-state index is 12.3. The molecule has 0 aliphatic carbocycles. The predicted molar refractivity (Wildman–Crippen MR) is 33.7 cm³/mol. The van der Waals surface area contributed by atoms with Gasteiger partial charge in [-0.3, -0.25) is 0 Å². The topological polar surface area (TPSA) is 24.9 Å². The molecule has 1 rings (SSSR count). The number of nitrogens with zero attached hydrogens (tertiary/aromatic N) is 1.